The van der Waals surface area contributed by atoms with Crippen molar-refractivity contribution < 1.29 is 24.3 Å². The van der Waals surface area contributed by atoms with Crippen LogP contribution in [0.3, 0.4) is 0 Å². The fourth-order valence-electron chi connectivity index (χ4n) is 3.58. The minimum atomic E-state index is -0.432. The first-order valence-electron chi connectivity index (χ1n) is 11.2. The average Bonchev–Trinajstić information content (AvgIpc) is 3.48. The number of aromatic nitrogens is 3. The minimum absolute atomic E-state index is 0.0423. The number of carbonyl (C=O) groups excluding carboxylic acids is 4. The molecule has 36 heavy (non-hydrogen) atoms. The number of nitrogens with one attached hydrogen (secondary N) is 4. The summed E-state index contributed by atoms with van der Waals surface area (Å²) in [6.45, 7) is 3.87. The van der Waals surface area contributed by atoms with Gasteiger partial charge in [0.2, 0.25) is 5.91 Å². The molecule has 0 atom stereocenters. The molecule has 0 aliphatic rings. The van der Waals surface area contributed by atoms with Crippen LogP contribution in [0.4, 0.5) is 17.1 Å². The molecule has 0 saturated heterocycles. The van der Waals surface area contributed by atoms with Gasteiger partial charge in [-0.05, 0) is 24.6 Å². The molecule has 0 aliphatic carbocycles. The summed E-state index contributed by atoms with van der Waals surface area (Å²) >= 11 is 0. The van der Waals surface area contributed by atoms with Crippen LogP contribution in [0.25, 0.3) is 0 Å². The molecule has 0 aliphatic heterocycles. The SMILES string of the molecule is [CH2]CCNC(=O)c1cc(NC(=O)c2cc(NC(=O)c3cc(NC(=O)CCO)cn3C)cn2C)cn1C. The Labute approximate surface area is 208 Å². The predicted molar refractivity (Wildman–Crippen MR) is 135 cm³/mol. The number of hydrogen-bond acceptors (Lipinski definition) is 5. The highest BCUT2D eigenvalue weighted by atomic mass is 16.3. The van der Waals surface area contributed by atoms with Gasteiger partial charge in [0, 0.05) is 46.3 Å². The number of anilines is 3. The Hall–Kier alpha value is -4.32. The fourth-order valence-corrected chi connectivity index (χ4v) is 3.58. The molecule has 0 saturated carbocycles. The van der Waals surface area contributed by atoms with Crippen LogP contribution in [0.15, 0.2) is 36.8 Å². The predicted octanol–water partition coefficient (Wildman–Crippen LogP) is 1.48. The smallest absolute Gasteiger partial charge is 0.272 e. The molecular formula is C24H30N7O5. The van der Waals surface area contributed by atoms with Gasteiger partial charge in [0.1, 0.15) is 17.1 Å². The lowest BCUT2D eigenvalue weighted by Gasteiger charge is -2.03. The van der Waals surface area contributed by atoms with Gasteiger partial charge >= 0.3 is 0 Å². The number of aliphatic hydroxyl groups is 1. The highest BCUT2D eigenvalue weighted by Gasteiger charge is 2.18. The van der Waals surface area contributed by atoms with Gasteiger partial charge in [0.25, 0.3) is 17.7 Å². The third kappa shape index (κ3) is 6.21. The number of amides is 4. The Morgan fingerprint density at radius 3 is 1.58 bits per heavy atom. The van der Waals surface area contributed by atoms with E-state index >= 15 is 0 Å². The van der Waals surface area contributed by atoms with Gasteiger partial charge in [-0.1, -0.05) is 6.92 Å². The van der Waals surface area contributed by atoms with Crippen molar-refractivity contribution in [2.45, 2.75) is 12.8 Å². The number of hydrogen-bond donors (Lipinski definition) is 5. The maximum absolute atomic E-state index is 12.9. The highest BCUT2D eigenvalue weighted by Crippen LogP contribution is 2.19. The van der Waals surface area contributed by atoms with Crippen molar-refractivity contribution in [3.8, 4) is 0 Å². The standard InChI is InChI=1S/C24H30N7O5/c1-5-7-25-22(34)18-10-16(13-29(18)2)27-24(36)20-11-17(14-31(20)4)28-23(35)19-9-15(12-30(19)3)26-21(33)6-8-32/h9-14,32H,1,5-8H2,2-4H3,(H,25,34)(H,26,33)(H,27,36)(H,28,35). The summed E-state index contributed by atoms with van der Waals surface area (Å²) in [6.07, 6.45) is 5.34. The van der Waals surface area contributed by atoms with E-state index in [0.717, 1.165) is 0 Å². The summed E-state index contributed by atoms with van der Waals surface area (Å²) in [5.74, 6) is -1.47. The molecule has 3 aromatic rings. The summed E-state index contributed by atoms with van der Waals surface area (Å²) < 4.78 is 4.74. The van der Waals surface area contributed by atoms with E-state index in [-0.39, 0.29) is 30.5 Å². The molecule has 191 valence electrons. The van der Waals surface area contributed by atoms with Crippen molar-refractivity contribution >= 4 is 40.7 Å². The lowest BCUT2D eigenvalue weighted by atomic mass is 10.3. The van der Waals surface area contributed by atoms with E-state index < -0.39 is 11.8 Å². The van der Waals surface area contributed by atoms with Gasteiger partial charge < -0.3 is 40.1 Å². The van der Waals surface area contributed by atoms with Gasteiger partial charge in [0.05, 0.1) is 30.1 Å². The van der Waals surface area contributed by atoms with Crippen LogP contribution in [0.2, 0.25) is 0 Å². The Bertz CT molecular complexity index is 1280. The number of nitrogens with zero attached hydrogens (tertiary/aromatic N) is 3. The Morgan fingerprint density at radius 1 is 0.750 bits per heavy atom. The third-order valence-electron chi connectivity index (χ3n) is 5.31. The molecule has 1 radical (unpaired) electrons. The summed E-state index contributed by atoms with van der Waals surface area (Å²) in [5, 5.41) is 19.7. The van der Waals surface area contributed by atoms with E-state index in [2.05, 4.69) is 28.2 Å². The average molecular weight is 497 g/mol. The zero-order chi connectivity index (χ0) is 26.4. The van der Waals surface area contributed by atoms with Crippen molar-refractivity contribution in [3.63, 3.8) is 0 Å². The van der Waals surface area contributed by atoms with Gasteiger partial charge in [-0.3, -0.25) is 19.2 Å². The number of rotatable bonds is 10. The largest absolute Gasteiger partial charge is 0.396 e. The molecule has 5 N–H and O–H groups in total. The van der Waals surface area contributed by atoms with E-state index in [9.17, 15) is 19.2 Å². The Balaban J connectivity index is 1.67. The summed E-state index contributed by atoms with van der Waals surface area (Å²) in [7, 11) is 5.04. The van der Waals surface area contributed by atoms with Gasteiger partial charge in [-0.2, -0.15) is 0 Å². The second-order valence-corrected chi connectivity index (χ2v) is 8.21. The van der Waals surface area contributed by atoms with Crippen LogP contribution in [0.5, 0.6) is 0 Å². The van der Waals surface area contributed by atoms with Gasteiger partial charge in [-0.25, -0.2) is 0 Å². The molecule has 0 fully saturated rings. The first-order chi connectivity index (χ1) is 17.1. The van der Waals surface area contributed by atoms with E-state index in [1.807, 2.05) is 0 Å². The van der Waals surface area contributed by atoms with E-state index in [4.69, 9.17) is 5.11 Å². The molecule has 0 aromatic carbocycles. The molecule has 0 bridgehead atoms. The van der Waals surface area contributed by atoms with Crippen LogP contribution < -0.4 is 21.3 Å². The first kappa shape index (κ1) is 26.3. The van der Waals surface area contributed by atoms with Crippen LogP contribution in [0, 0.1) is 6.92 Å². The lowest BCUT2D eigenvalue weighted by Crippen LogP contribution is -2.25. The normalized spacial score (nSPS) is 10.7. The Kier molecular flexibility index (Phi) is 8.33. The summed E-state index contributed by atoms with van der Waals surface area (Å²) in [4.78, 5) is 49.5. The minimum Gasteiger partial charge on any atom is -0.396 e. The zero-order valence-corrected chi connectivity index (χ0v) is 20.4. The molecule has 0 unspecified atom stereocenters. The van der Waals surface area contributed by atoms with E-state index in [1.54, 1.807) is 59.5 Å². The van der Waals surface area contributed by atoms with Crippen LogP contribution >= 0.6 is 0 Å². The van der Waals surface area contributed by atoms with Crippen molar-refractivity contribution in [2.24, 2.45) is 21.1 Å². The van der Waals surface area contributed by atoms with Crippen molar-refractivity contribution in [1.29, 1.82) is 0 Å². The van der Waals surface area contributed by atoms with Gasteiger partial charge in [0.15, 0.2) is 0 Å². The van der Waals surface area contributed by atoms with Crippen molar-refractivity contribution in [3.05, 3.63) is 60.8 Å². The molecule has 3 rings (SSSR count). The molecule has 3 aromatic heterocycles. The van der Waals surface area contributed by atoms with Crippen molar-refractivity contribution in [1.82, 2.24) is 19.0 Å². The fraction of sp³-hybridized carbons (Fsp3) is 0.292. The number of aryl methyl sites for hydroxylation is 3. The van der Waals surface area contributed by atoms with E-state index in [1.165, 1.54) is 12.1 Å². The summed E-state index contributed by atoms with van der Waals surface area (Å²) in [6, 6.07) is 4.63. The molecule has 4 amide bonds. The molecular weight excluding hydrogens is 466 g/mol. The number of carbonyl (C=O) groups is 4. The first-order valence-corrected chi connectivity index (χ1v) is 11.2. The van der Waals surface area contributed by atoms with Crippen molar-refractivity contribution in [2.75, 3.05) is 29.1 Å². The van der Waals surface area contributed by atoms with E-state index in [0.29, 0.717) is 41.4 Å². The summed E-state index contributed by atoms with van der Waals surface area (Å²) in [5.41, 5.74) is 2.26. The highest BCUT2D eigenvalue weighted by molar-refractivity contribution is 6.07. The maximum atomic E-state index is 12.9. The van der Waals surface area contributed by atoms with Crippen LogP contribution in [0.1, 0.15) is 44.3 Å². The van der Waals surface area contributed by atoms with Gasteiger partial charge in [-0.15, -0.1) is 0 Å². The second kappa shape index (κ2) is 11.4. The zero-order valence-electron chi connectivity index (χ0n) is 20.4. The third-order valence-corrected chi connectivity index (χ3v) is 5.31. The Morgan fingerprint density at radius 2 is 1.17 bits per heavy atom. The monoisotopic (exact) mass is 496 g/mol. The maximum Gasteiger partial charge on any atom is 0.272 e. The second-order valence-electron chi connectivity index (χ2n) is 8.21. The molecule has 3 heterocycles. The van der Waals surface area contributed by atoms with Crippen LogP contribution in [-0.2, 0) is 25.9 Å². The molecule has 0 spiro atoms. The molecule has 12 heteroatoms. The quantitative estimate of drug-likeness (QED) is 0.288. The number of aliphatic hydroxyl groups excluding tert-OH is 1. The van der Waals surface area contributed by atoms with Crippen LogP contribution in [-0.4, -0.2) is 55.6 Å². The topological polar surface area (TPSA) is 151 Å². The lowest BCUT2D eigenvalue weighted by molar-refractivity contribution is -0.116. The molecule has 12 nitrogen and oxygen atoms in total.